The summed E-state index contributed by atoms with van der Waals surface area (Å²) in [4.78, 5) is 28.9. The van der Waals surface area contributed by atoms with Crippen molar-refractivity contribution in [1.29, 1.82) is 0 Å². The highest BCUT2D eigenvalue weighted by molar-refractivity contribution is 5.96. The Balaban J connectivity index is 2.75. The molecule has 0 aliphatic rings. The van der Waals surface area contributed by atoms with Crippen molar-refractivity contribution in [3.05, 3.63) is 23.9 Å². The number of nitrogens with one attached hydrogen (secondary N) is 1. The molecule has 110 valence electrons. The molecule has 1 atom stereocenters. The molecule has 1 unspecified atom stereocenters. The number of nitrogens with zero attached hydrogens (tertiary/aromatic N) is 2. The maximum Gasteiger partial charge on any atom is 0.325 e. The highest BCUT2D eigenvalue weighted by Crippen LogP contribution is 2.11. The Labute approximate surface area is 118 Å². The molecule has 6 nitrogen and oxygen atoms in total. The summed E-state index contributed by atoms with van der Waals surface area (Å²) in [6, 6.07) is 2.51. The number of rotatable bonds is 7. The minimum atomic E-state index is -1.07. The van der Waals surface area contributed by atoms with E-state index in [0.717, 1.165) is 25.3 Å². The number of pyridine rings is 1. The number of hydrogen-bond donors (Lipinski definition) is 2. The quantitative estimate of drug-likeness (QED) is 0.790. The molecule has 0 bridgehead atoms. The molecule has 1 rings (SSSR count). The molecule has 1 aromatic rings. The van der Waals surface area contributed by atoms with E-state index >= 15 is 0 Å². The van der Waals surface area contributed by atoms with E-state index in [9.17, 15) is 9.59 Å². The highest BCUT2D eigenvalue weighted by atomic mass is 16.4. The van der Waals surface area contributed by atoms with Crippen molar-refractivity contribution >= 4 is 17.7 Å². The molecule has 0 aliphatic heterocycles. The normalized spacial score (nSPS) is 11.8. The van der Waals surface area contributed by atoms with Crippen molar-refractivity contribution < 1.29 is 14.7 Å². The SMILES string of the molecule is CCCN(CC)c1ccc(C(=O)NC(C)C(=O)O)cn1. The Morgan fingerprint density at radius 3 is 2.55 bits per heavy atom. The predicted molar refractivity (Wildman–Crippen MR) is 77.0 cm³/mol. The third-order valence-electron chi connectivity index (χ3n) is 2.93. The molecule has 0 aromatic carbocycles. The molecule has 0 radical (unpaired) electrons. The lowest BCUT2D eigenvalue weighted by Crippen LogP contribution is -2.38. The number of aromatic nitrogens is 1. The summed E-state index contributed by atoms with van der Waals surface area (Å²) in [7, 11) is 0. The molecule has 6 heteroatoms. The molecule has 2 N–H and O–H groups in total. The number of hydrogen-bond acceptors (Lipinski definition) is 4. The van der Waals surface area contributed by atoms with Gasteiger partial charge in [0, 0.05) is 19.3 Å². The fourth-order valence-electron chi connectivity index (χ4n) is 1.75. The fourth-order valence-corrected chi connectivity index (χ4v) is 1.75. The van der Waals surface area contributed by atoms with Crippen molar-refractivity contribution in [3.63, 3.8) is 0 Å². The Bertz CT molecular complexity index is 459. The van der Waals surface area contributed by atoms with Gasteiger partial charge < -0.3 is 15.3 Å². The number of carboxylic acids is 1. The minimum Gasteiger partial charge on any atom is -0.480 e. The number of aliphatic carboxylic acids is 1. The van der Waals surface area contributed by atoms with Crippen LogP contribution in [0.25, 0.3) is 0 Å². The first kappa shape index (κ1) is 15.9. The molecular formula is C14H21N3O3. The van der Waals surface area contributed by atoms with Crippen LogP contribution in [0.5, 0.6) is 0 Å². The Kier molecular flexibility index (Phi) is 5.96. The van der Waals surface area contributed by atoms with Crippen molar-refractivity contribution in [2.45, 2.75) is 33.2 Å². The van der Waals surface area contributed by atoms with E-state index in [0.29, 0.717) is 5.56 Å². The lowest BCUT2D eigenvalue weighted by atomic mass is 10.2. The van der Waals surface area contributed by atoms with Crippen LogP contribution in [-0.2, 0) is 4.79 Å². The van der Waals surface area contributed by atoms with Gasteiger partial charge in [-0.3, -0.25) is 9.59 Å². The van der Waals surface area contributed by atoms with E-state index in [2.05, 4.69) is 22.1 Å². The second-order valence-electron chi connectivity index (χ2n) is 4.52. The lowest BCUT2D eigenvalue weighted by molar-refractivity contribution is -0.138. The van der Waals surface area contributed by atoms with E-state index in [-0.39, 0.29) is 0 Å². The summed E-state index contributed by atoms with van der Waals surface area (Å²) in [5, 5.41) is 11.1. The summed E-state index contributed by atoms with van der Waals surface area (Å²) < 4.78 is 0. The standard InChI is InChI=1S/C14H21N3O3/c1-4-8-17(5-2)12-7-6-11(9-15-12)13(18)16-10(3)14(19)20/h6-7,9-10H,4-5,8H2,1-3H3,(H,16,18)(H,19,20). The van der Waals surface area contributed by atoms with Crippen LogP contribution in [0.2, 0.25) is 0 Å². The van der Waals surface area contributed by atoms with E-state index in [4.69, 9.17) is 5.11 Å². The van der Waals surface area contributed by atoms with E-state index < -0.39 is 17.9 Å². The van der Waals surface area contributed by atoms with Gasteiger partial charge >= 0.3 is 5.97 Å². The molecule has 0 fully saturated rings. The summed E-state index contributed by atoms with van der Waals surface area (Å²) in [5.41, 5.74) is 0.356. The molecule has 0 saturated heterocycles. The summed E-state index contributed by atoms with van der Waals surface area (Å²) in [5.74, 6) is -0.683. The van der Waals surface area contributed by atoms with Gasteiger partial charge in [-0.25, -0.2) is 4.98 Å². The second-order valence-corrected chi connectivity index (χ2v) is 4.52. The van der Waals surface area contributed by atoms with Crippen LogP contribution in [-0.4, -0.2) is 41.1 Å². The van der Waals surface area contributed by atoms with Gasteiger partial charge in [0.25, 0.3) is 5.91 Å². The van der Waals surface area contributed by atoms with Crippen LogP contribution < -0.4 is 10.2 Å². The molecule has 1 heterocycles. The summed E-state index contributed by atoms with van der Waals surface area (Å²) in [6.45, 7) is 7.32. The third-order valence-corrected chi connectivity index (χ3v) is 2.93. The topological polar surface area (TPSA) is 82.5 Å². The van der Waals surface area contributed by atoms with Crippen LogP contribution in [0, 0.1) is 0 Å². The molecular weight excluding hydrogens is 258 g/mol. The fraction of sp³-hybridized carbons (Fsp3) is 0.500. The van der Waals surface area contributed by atoms with Gasteiger partial charge in [-0.2, -0.15) is 0 Å². The number of anilines is 1. The zero-order chi connectivity index (χ0) is 15.1. The van der Waals surface area contributed by atoms with E-state index in [1.54, 1.807) is 12.1 Å². The zero-order valence-electron chi connectivity index (χ0n) is 12.1. The first-order chi connectivity index (χ1) is 9.49. The van der Waals surface area contributed by atoms with Crippen molar-refractivity contribution in [2.75, 3.05) is 18.0 Å². The van der Waals surface area contributed by atoms with Gasteiger partial charge in [0.15, 0.2) is 0 Å². The van der Waals surface area contributed by atoms with Gasteiger partial charge in [0.2, 0.25) is 0 Å². The lowest BCUT2D eigenvalue weighted by Gasteiger charge is -2.21. The maximum atomic E-state index is 11.8. The first-order valence-corrected chi connectivity index (χ1v) is 6.74. The van der Waals surface area contributed by atoms with Crippen molar-refractivity contribution in [1.82, 2.24) is 10.3 Å². The van der Waals surface area contributed by atoms with Gasteiger partial charge in [-0.05, 0) is 32.4 Å². The number of carbonyl (C=O) groups is 2. The van der Waals surface area contributed by atoms with Gasteiger partial charge in [0.1, 0.15) is 11.9 Å². The zero-order valence-corrected chi connectivity index (χ0v) is 12.1. The third kappa shape index (κ3) is 4.22. The Hall–Kier alpha value is -2.11. The average molecular weight is 279 g/mol. The molecule has 0 aliphatic carbocycles. The second kappa shape index (κ2) is 7.47. The molecule has 0 spiro atoms. The Morgan fingerprint density at radius 2 is 2.10 bits per heavy atom. The van der Waals surface area contributed by atoms with Crippen LogP contribution >= 0.6 is 0 Å². The summed E-state index contributed by atoms with van der Waals surface area (Å²) in [6.07, 6.45) is 2.49. The van der Waals surface area contributed by atoms with E-state index in [1.807, 2.05) is 6.92 Å². The van der Waals surface area contributed by atoms with Crippen molar-refractivity contribution in [3.8, 4) is 0 Å². The molecule has 20 heavy (non-hydrogen) atoms. The van der Waals surface area contributed by atoms with Crippen LogP contribution in [0.3, 0.4) is 0 Å². The molecule has 1 amide bonds. The molecule has 1 aromatic heterocycles. The van der Waals surface area contributed by atoms with Crippen LogP contribution in [0.4, 0.5) is 5.82 Å². The Morgan fingerprint density at radius 1 is 1.40 bits per heavy atom. The number of carboxylic acid groups (broad SMARTS) is 1. The number of carbonyl (C=O) groups excluding carboxylic acids is 1. The average Bonchev–Trinajstić information content (AvgIpc) is 2.44. The monoisotopic (exact) mass is 279 g/mol. The van der Waals surface area contributed by atoms with Gasteiger partial charge in [-0.1, -0.05) is 6.92 Å². The minimum absolute atomic E-state index is 0.356. The smallest absolute Gasteiger partial charge is 0.325 e. The highest BCUT2D eigenvalue weighted by Gasteiger charge is 2.15. The van der Waals surface area contributed by atoms with Gasteiger partial charge in [0.05, 0.1) is 5.56 Å². The largest absolute Gasteiger partial charge is 0.480 e. The maximum absolute atomic E-state index is 11.8. The number of amides is 1. The van der Waals surface area contributed by atoms with Crippen LogP contribution in [0.1, 0.15) is 37.6 Å². The summed E-state index contributed by atoms with van der Waals surface area (Å²) >= 11 is 0. The van der Waals surface area contributed by atoms with Crippen molar-refractivity contribution in [2.24, 2.45) is 0 Å². The predicted octanol–water partition coefficient (Wildman–Crippen LogP) is 1.52. The van der Waals surface area contributed by atoms with Gasteiger partial charge in [-0.15, -0.1) is 0 Å². The van der Waals surface area contributed by atoms with E-state index in [1.165, 1.54) is 13.1 Å². The molecule has 0 saturated carbocycles. The first-order valence-electron chi connectivity index (χ1n) is 6.74. The van der Waals surface area contributed by atoms with Crippen LogP contribution in [0.15, 0.2) is 18.3 Å².